The van der Waals surface area contributed by atoms with Gasteiger partial charge >= 0.3 is 0 Å². The molecular weight excluding hydrogens is 254 g/mol. The predicted octanol–water partition coefficient (Wildman–Crippen LogP) is 2.66. The second kappa shape index (κ2) is 5.57. The zero-order valence-corrected chi connectivity index (χ0v) is 11.3. The minimum atomic E-state index is -0.575. The summed E-state index contributed by atoms with van der Waals surface area (Å²) in [6.45, 7) is 1.46. The van der Waals surface area contributed by atoms with E-state index < -0.39 is 5.91 Å². The molecule has 2 aromatic carbocycles. The maximum absolute atomic E-state index is 11.8. The van der Waals surface area contributed by atoms with Crippen LogP contribution in [0, 0.1) is 0 Å². The zero-order chi connectivity index (χ0) is 14.7. The fourth-order valence-electron chi connectivity index (χ4n) is 2.19. The van der Waals surface area contributed by atoms with Crippen LogP contribution < -0.4 is 10.5 Å². The molecule has 0 fully saturated rings. The molecule has 1 amide bonds. The first-order valence-corrected chi connectivity index (χ1v) is 6.13. The van der Waals surface area contributed by atoms with Crippen molar-refractivity contribution < 1.29 is 14.3 Å². The summed E-state index contributed by atoms with van der Waals surface area (Å²) < 4.78 is 5.31. The van der Waals surface area contributed by atoms with Gasteiger partial charge in [-0.1, -0.05) is 30.3 Å². The Hall–Kier alpha value is -2.62. The average Bonchev–Trinajstić information content (AvgIpc) is 2.46. The van der Waals surface area contributed by atoms with E-state index in [4.69, 9.17) is 10.5 Å². The number of Topliss-reactive ketones (excluding diaryl/α,β-unsaturated/α-hetero) is 1. The third-order valence-corrected chi connectivity index (χ3v) is 3.09. The highest BCUT2D eigenvalue weighted by Gasteiger charge is 2.19. The molecule has 2 aromatic rings. The lowest BCUT2D eigenvalue weighted by Gasteiger charge is -2.14. The molecule has 0 aromatic heterocycles. The molecule has 4 heteroatoms. The SMILES string of the molecule is COc1ccccc1-c1c(C(C)=O)cccc1C(N)=O. The summed E-state index contributed by atoms with van der Waals surface area (Å²) in [5, 5.41) is 0. The maximum atomic E-state index is 11.8. The lowest BCUT2D eigenvalue weighted by molar-refractivity contribution is 0.100. The van der Waals surface area contributed by atoms with Gasteiger partial charge in [-0.2, -0.15) is 0 Å². The van der Waals surface area contributed by atoms with Crippen molar-refractivity contribution in [1.82, 2.24) is 0 Å². The van der Waals surface area contributed by atoms with Gasteiger partial charge in [0.05, 0.1) is 7.11 Å². The van der Waals surface area contributed by atoms with Crippen molar-refractivity contribution in [2.75, 3.05) is 7.11 Å². The van der Waals surface area contributed by atoms with E-state index in [0.717, 1.165) is 0 Å². The van der Waals surface area contributed by atoms with Crippen molar-refractivity contribution >= 4 is 11.7 Å². The van der Waals surface area contributed by atoms with E-state index in [1.54, 1.807) is 37.4 Å². The van der Waals surface area contributed by atoms with Crippen LogP contribution in [0.25, 0.3) is 11.1 Å². The first-order chi connectivity index (χ1) is 9.56. The summed E-state index contributed by atoms with van der Waals surface area (Å²) >= 11 is 0. The van der Waals surface area contributed by atoms with Crippen LogP contribution in [0.15, 0.2) is 42.5 Å². The minimum Gasteiger partial charge on any atom is -0.496 e. The van der Waals surface area contributed by atoms with Crippen molar-refractivity contribution in [3.63, 3.8) is 0 Å². The Labute approximate surface area is 117 Å². The van der Waals surface area contributed by atoms with Crippen molar-refractivity contribution in [2.24, 2.45) is 5.73 Å². The van der Waals surface area contributed by atoms with Gasteiger partial charge in [-0.25, -0.2) is 0 Å². The molecule has 102 valence electrons. The van der Waals surface area contributed by atoms with Crippen molar-refractivity contribution in [3.8, 4) is 16.9 Å². The molecule has 2 rings (SSSR count). The summed E-state index contributed by atoms with van der Waals surface area (Å²) in [5.41, 5.74) is 7.37. The van der Waals surface area contributed by atoms with Gasteiger partial charge < -0.3 is 10.5 Å². The Balaban J connectivity index is 2.83. The number of ether oxygens (including phenoxy) is 1. The molecule has 20 heavy (non-hydrogen) atoms. The van der Waals surface area contributed by atoms with E-state index in [0.29, 0.717) is 28.0 Å². The first-order valence-electron chi connectivity index (χ1n) is 6.13. The van der Waals surface area contributed by atoms with Gasteiger partial charge in [-0.3, -0.25) is 9.59 Å². The molecule has 0 radical (unpaired) electrons. The highest BCUT2D eigenvalue weighted by atomic mass is 16.5. The summed E-state index contributed by atoms with van der Waals surface area (Å²) in [7, 11) is 1.54. The number of nitrogens with two attached hydrogens (primary N) is 1. The number of amides is 1. The Kier molecular flexibility index (Phi) is 3.84. The van der Waals surface area contributed by atoms with Crippen molar-refractivity contribution in [2.45, 2.75) is 6.92 Å². The number of benzene rings is 2. The third kappa shape index (κ3) is 2.40. The highest BCUT2D eigenvalue weighted by Crippen LogP contribution is 2.35. The quantitative estimate of drug-likeness (QED) is 0.867. The molecule has 0 aliphatic rings. The molecule has 0 atom stereocenters. The van der Waals surface area contributed by atoms with Crippen LogP contribution in [-0.4, -0.2) is 18.8 Å². The van der Waals surface area contributed by atoms with Gasteiger partial charge in [0.25, 0.3) is 0 Å². The Morgan fingerprint density at radius 2 is 1.65 bits per heavy atom. The third-order valence-electron chi connectivity index (χ3n) is 3.09. The normalized spacial score (nSPS) is 10.1. The molecule has 0 heterocycles. The van der Waals surface area contributed by atoms with Crippen LogP contribution in [0.4, 0.5) is 0 Å². The fraction of sp³-hybridized carbons (Fsp3) is 0.125. The van der Waals surface area contributed by atoms with E-state index >= 15 is 0 Å². The van der Waals surface area contributed by atoms with Crippen LogP contribution in [0.5, 0.6) is 5.75 Å². The predicted molar refractivity (Wildman–Crippen MR) is 77.0 cm³/mol. The van der Waals surface area contributed by atoms with Gasteiger partial charge in [0, 0.05) is 22.3 Å². The molecule has 2 N–H and O–H groups in total. The number of hydrogen-bond acceptors (Lipinski definition) is 3. The Morgan fingerprint density at radius 1 is 1.00 bits per heavy atom. The molecule has 0 saturated carbocycles. The number of para-hydroxylation sites is 1. The molecular formula is C16H15NO3. The maximum Gasteiger partial charge on any atom is 0.249 e. The van der Waals surface area contributed by atoms with Gasteiger partial charge in [0.1, 0.15) is 5.75 Å². The lowest BCUT2D eigenvalue weighted by atomic mass is 9.91. The lowest BCUT2D eigenvalue weighted by Crippen LogP contribution is -2.14. The topological polar surface area (TPSA) is 69.4 Å². The van der Waals surface area contributed by atoms with E-state index in [-0.39, 0.29) is 5.78 Å². The fourth-order valence-corrected chi connectivity index (χ4v) is 2.19. The summed E-state index contributed by atoms with van der Waals surface area (Å²) in [6, 6.07) is 12.1. The standard InChI is InChI=1S/C16H15NO3/c1-10(18)11-7-5-8-13(16(17)19)15(11)12-6-3-4-9-14(12)20-2/h3-9H,1-2H3,(H2,17,19). The summed E-state index contributed by atoms with van der Waals surface area (Å²) in [4.78, 5) is 23.5. The minimum absolute atomic E-state index is 0.131. The van der Waals surface area contributed by atoms with E-state index in [9.17, 15) is 9.59 Å². The van der Waals surface area contributed by atoms with Crippen LogP contribution in [-0.2, 0) is 0 Å². The number of methoxy groups -OCH3 is 1. The number of ketones is 1. The largest absolute Gasteiger partial charge is 0.496 e. The van der Waals surface area contributed by atoms with E-state index in [1.165, 1.54) is 6.92 Å². The van der Waals surface area contributed by atoms with E-state index in [1.807, 2.05) is 12.1 Å². The number of primary amides is 1. The van der Waals surface area contributed by atoms with Crippen LogP contribution >= 0.6 is 0 Å². The van der Waals surface area contributed by atoms with Crippen LogP contribution in [0.1, 0.15) is 27.6 Å². The number of rotatable bonds is 4. The second-order valence-corrected chi connectivity index (χ2v) is 4.35. The Morgan fingerprint density at radius 3 is 2.25 bits per heavy atom. The molecule has 0 bridgehead atoms. The average molecular weight is 269 g/mol. The highest BCUT2D eigenvalue weighted by molar-refractivity contribution is 6.09. The van der Waals surface area contributed by atoms with Gasteiger partial charge in [0.2, 0.25) is 5.91 Å². The van der Waals surface area contributed by atoms with Gasteiger partial charge in [-0.15, -0.1) is 0 Å². The van der Waals surface area contributed by atoms with Gasteiger partial charge in [0.15, 0.2) is 5.78 Å². The Bertz CT molecular complexity index is 645. The molecule has 0 spiro atoms. The van der Waals surface area contributed by atoms with Crippen molar-refractivity contribution in [3.05, 3.63) is 53.6 Å². The number of carbonyl (C=O) groups excluding carboxylic acids is 2. The van der Waals surface area contributed by atoms with Crippen LogP contribution in [0.3, 0.4) is 0 Å². The number of carbonyl (C=O) groups is 2. The zero-order valence-electron chi connectivity index (χ0n) is 11.3. The first kappa shape index (κ1) is 13.8. The molecule has 4 nitrogen and oxygen atoms in total. The van der Waals surface area contributed by atoms with E-state index in [2.05, 4.69) is 0 Å². The smallest absolute Gasteiger partial charge is 0.249 e. The molecule has 0 aliphatic carbocycles. The van der Waals surface area contributed by atoms with Crippen LogP contribution in [0.2, 0.25) is 0 Å². The summed E-state index contributed by atoms with van der Waals surface area (Å²) in [5.74, 6) is -0.119. The molecule has 0 unspecified atom stereocenters. The second-order valence-electron chi connectivity index (χ2n) is 4.35. The molecule has 0 aliphatic heterocycles. The summed E-state index contributed by atoms with van der Waals surface area (Å²) in [6.07, 6.45) is 0. The number of hydrogen-bond donors (Lipinski definition) is 1. The van der Waals surface area contributed by atoms with Crippen molar-refractivity contribution in [1.29, 1.82) is 0 Å². The molecule has 0 saturated heterocycles. The monoisotopic (exact) mass is 269 g/mol. The van der Waals surface area contributed by atoms with Gasteiger partial charge in [-0.05, 0) is 19.1 Å².